The Morgan fingerprint density at radius 2 is 1.88 bits per heavy atom. The Balaban J connectivity index is 1.92. The van der Waals surface area contributed by atoms with Crippen molar-refractivity contribution >= 4 is 23.7 Å². The number of amides is 2. The van der Waals surface area contributed by atoms with Gasteiger partial charge in [0.2, 0.25) is 0 Å². The molecule has 7 heteroatoms. The summed E-state index contributed by atoms with van der Waals surface area (Å²) in [6.45, 7) is 0.113. The topological polar surface area (TPSA) is 89.0 Å². The quantitative estimate of drug-likeness (QED) is 0.359. The number of benzene rings is 2. The monoisotopic (exact) mass is 351 g/mol. The van der Waals surface area contributed by atoms with E-state index in [0.29, 0.717) is 22.7 Å². The average molecular weight is 351 g/mol. The van der Waals surface area contributed by atoms with Crippen LogP contribution in [-0.2, 0) is 9.59 Å². The van der Waals surface area contributed by atoms with Crippen molar-refractivity contribution in [3.63, 3.8) is 0 Å². The molecule has 0 bridgehead atoms. The van der Waals surface area contributed by atoms with Crippen LogP contribution in [0.1, 0.15) is 5.56 Å². The van der Waals surface area contributed by atoms with Crippen molar-refractivity contribution in [1.29, 1.82) is 0 Å². The summed E-state index contributed by atoms with van der Waals surface area (Å²) in [5.41, 5.74) is 3.23. The van der Waals surface area contributed by atoms with Gasteiger partial charge in [0, 0.05) is 11.3 Å². The molecule has 132 valence electrons. The number of nitrogens with zero attached hydrogens (tertiary/aromatic N) is 1. The van der Waals surface area contributed by atoms with E-state index >= 15 is 0 Å². The molecule has 0 aliphatic carbocycles. The fourth-order valence-corrected chi connectivity index (χ4v) is 1.91. The number of ether oxygens (including phenoxy) is 2. The van der Waals surface area contributed by atoms with Crippen LogP contribution < -0.4 is 20.2 Å². The minimum Gasteiger partial charge on any atom is -0.497 e. The summed E-state index contributed by atoms with van der Waals surface area (Å²) in [5.74, 6) is 1.78. The van der Waals surface area contributed by atoms with Crippen molar-refractivity contribution in [2.75, 3.05) is 19.0 Å². The zero-order valence-corrected chi connectivity index (χ0v) is 14.1. The van der Waals surface area contributed by atoms with Gasteiger partial charge in [-0.3, -0.25) is 9.59 Å². The molecular formula is C19H17N3O4. The highest BCUT2D eigenvalue weighted by molar-refractivity contribution is 6.39. The number of methoxy groups -OCH3 is 1. The van der Waals surface area contributed by atoms with Gasteiger partial charge in [0.05, 0.1) is 13.3 Å². The molecule has 0 saturated carbocycles. The van der Waals surface area contributed by atoms with Gasteiger partial charge in [-0.05, 0) is 36.4 Å². The van der Waals surface area contributed by atoms with Gasteiger partial charge in [0.25, 0.3) is 0 Å². The third kappa shape index (κ3) is 5.39. The van der Waals surface area contributed by atoms with E-state index in [2.05, 4.69) is 21.8 Å². The number of para-hydroxylation sites is 1. The Kier molecular flexibility index (Phi) is 6.77. The lowest BCUT2D eigenvalue weighted by atomic mass is 10.2. The Morgan fingerprint density at radius 1 is 1.15 bits per heavy atom. The zero-order valence-electron chi connectivity index (χ0n) is 14.1. The molecule has 0 atom stereocenters. The predicted molar refractivity (Wildman–Crippen MR) is 98.1 cm³/mol. The molecule has 0 aliphatic heterocycles. The Hall–Kier alpha value is -3.79. The number of anilines is 1. The molecule has 0 radical (unpaired) electrons. The molecule has 2 rings (SSSR count). The average Bonchev–Trinajstić information content (AvgIpc) is 2.67. The van der Waals surface area contributed by atoms with Gasteiger partial charge in [-0.15, -0.1) is 6.42 Å². The third-order valence-corrected chi connectivity index (χ3v) is 3.15. The predicted octanol–water partition coefficient (Wildman–Crippen LogP) is 1.80. The van der Waals surface area contributed by atoms with Crippen LogP contribution in [0.5, 0.6) is 11.5 Å². The number of carbonyl (C=O) groups excluding carboxylic acids is 2. The van der Waals surface area contributed by atoms with E-state index < -0.39 is 11.8 Å². The van der Waals surface area contributed by atoms with E-state index in [4.69, 9.17) is 15.9 Å². The normalized spacial score (nSPS) is 10.0. The molecule has 2 aromatic rings. The van der Waals surface area contributed by atoms with Crippen LogP contribution in [0, 0.1) is 12.3 Å². The van der Waals surface area contributed by atoms with Crippen LogP contribution in [0.3, 0.4) is 0 Å². The molecule has 7 nitrogen and oxygen atoms in total. The third-order valence-electron chi connectivity index (χ3n) is 3.15. The molecule has 0 aromatic heterocycles. The molecule has 2 amide bonds. The molecule has 2 N–H and O–H groups in total. The number of terminal acetylenes is 1. The minimum absolute atomic E-state index is 0.113. The molecule has 0 saturated heterocycles. The summed E-state index contributed by atoms with van der Waals surface area (Å²) in [6.07, 6.45) is 6.53. The van der Waals surface area contributed by atoms with Crippen LogP contribution in [0.2, 0.25) is 0 Å². The number of hydrogen-bond donors (Lipinski definition) is 2. The van der Waals surface area contributed by atoms with Gasteiger partial charge in [0.1, 0.15) is 18.1 Å². The maximum absolute atomic E-state index is 11.8. The zero-order chi connectivity index (χ0) is 18.8. The van der Waals surface area contributed by atoms with Crippen molar-refractivity contribution in [1.82, 2.24) is 5.43 Å². The highest BCUT2D eigenvalue weighted by Gasteiger charge is 2.12. The maximum atomic E-state index is 11.8. The molecule has 2 aromatic carbocycles. The van der Waals surface area contributed by atoms with E-state index in [-0.39, 0.29) is 6.61 Å². The summed E-state index contributed by atoms with van der Waals surface area (Å²) < 4.78 is 10.4. The molecule has 0 aliphatic rings. The van der Waals surface area contributed by atoms with Crippen molar-refractivity contribution in [2.24, 2.45) is 5.10 Å². The lowest BCUT2D eigenvalue weighted by Crippen LogP contribution is -2.32. The van der Waals surface area contributed by atoms with Crippen molar-refractivity contribution in [3.05, 3.63) is 54.1 Å². The first-order valence-electron chi connectivity index (χ1n) is 7.57. The molecular weight excluding hydrogens is 334 g/mol. The minimum atomic E-state index is -0.904. The summed E-state index contributed by atoms with van der Waals surface area (Å²) in [7, 11) is 1.54. The summed E-state index contributed by atoms with van der Waals surface area (Å²) in [6, 6.07) is 13.6. The summed E-state index contributed by atoms with van der Waals surface area (Å²) in [4.78, 5) is 23.6. The smallest absolute Gasteiger partial charge is 0.329 e. The van der Waals surface area contributed by atoms with Gasteiger partial charge in [0.15, 0.2) is 0 Å². The SMILES string of the molecule is C#CCOc1ccccc1/C=N\NC(=O)C(=O)Nc1ccc(OC)cc1. The number of nitrogens with one attached hydrogen (secondary N) is 2. The first-order chi connectivity index (χ1) is 12.6. The van der Waals surface area contributed by atoms with Gasteiger partial charge in [-0.25, -0.2) is 5.43 Å². The van der Waals surface area contributed by atoms with Gasteiger partial charge < -0.3 is 14.8 Å². The van der Waals surface area contributed by atoms with Crippen LogP contribution in [0.25, 0.3) is 0 Å². The van der Waals surface area contributed by atoms with Gasteiger partial charge in [-0.2, -0.15) is 5.10 Å². The van der Waals surface area contributed by atoms with Crippen LogP contribution in [-0.4, -0.2) is 31.7 Å². The van der Waals surface area contributed by atoms with Crippen LogP contribution >= 0.6 is 0 Å². The van der Waals surface area contributed by atoms with E-state index in [1.165, 1.54) is 13.3 Å². The first-order valence-corrected chi connectivity index (χ1v) is 7.57. The molecule has 26 heavy (non-hydrogen) atoms. The molecule has 0 fully saturated rings. The van der Waals surface area contributed by atoms with Crippen molar-refractivity contribution < 1.29 is 19.1 Å². The Labute approximate surface area is 151 Å². The van der Waals surface area contributed by atoms with Crippen LogP contribution in [0.15, 0.2) is 53.6 Å². The lowest BCUT2D eigenvalue weighted by molar-refractivity contribution is -0.136. The molecule has 0 spiro atoms. The molecule has 0 unspecified atom stereocenters. The highest BCUT2D eigenvalue weighted by Crippen LogP contribution is 2.16. The fraction of sp³-hybridized carbons (Fsp3) is 0.105. The second-order valence-corrected chi connectivity index (χ2v) is 4.91. The van der Waals surface area contributed by atoms with E-state index in [1.54, 1.807) is 48.5 Å². The summed E-state index contributed by atoms with van der Waals surface area (Å²) in [5, 5.41) is 6.22. The fourth-order valence-electron chi connectivity index (χ4n) is 1.91. The second-order valence-electron chi connectivity index (χ2n) is 4.91. The first kappa shape index (κ1) is 18.5. The van der Waals surface area contributed by atoms with Gasteiger partial charge >= 0.3 is 11.8 Å². The number of hydrazone groups is 1. The largest absolute Gasteiger partial charge is 0.497 e. The number of carbonyl (C=O) groups is 2. The standard InChI is InChI=1S/C19H17N3O4/c1-3-12-26-17-7-5-4-6-14(17)13-20-22-19(24)18(23)21-15-8-10-16(25-2)11-9-15/h1,4-11,13H,12H2,2H3,(H,21,23)(H,22,24)/b20-13-. The second kappa shape index (κ2) is 9.49. The van der Waals surface area contributed by atoms with Crippen LogP contribution in [0.4, 0.5) is 5.69 Å². The highest BCUT2D eigenvalue weighted by atomic mass is 16.5. The summed E-state index contributed by atoms with van der Waals surface area (Å²) >= 11 is 0. The maximum Gasteiger partial charge on any atom is 0.329 e. The lowest BCUT2D eigenvalue weighted by Gasteiger charge is -2.06. The molecule has 0 heterocycles. The number of rotatable bonds is 6. The van der Waals surface area contributed by atoms with E-state index in [0.717, 1.165) is 0 Å². The Bertz CT molecular complexity index is 839. The number of hydrogen-bond acceptors (Lipinski definition) is 5. The van der Waals surface area contributed by atoms with E-state index in [9.17, 15) is 9.59 Å². The van der Waals surface area contributed by atoms with Gasteiger partial charge in [-0.1, -0.05) is 18.1 Å². The van der Waals surface area contributed by atoms with Crippen molar-refractivity contribution in [2.45, 2.75) is 0 Å². The Morgan fingerprint density at radius 3 is 2.58 bits per heavy atom. The van der Waals surface area contributed by atoms with Crippen molar-refractivity contribution in [3.8, 4) is 23.8 Å². The van der Waals surface area contributed by atoms with E-state index in [1.807, 2.05) is 0 Å².